The number of hydrogen-bond donors (Lipinski definition) is 1. The molecule has 0 radical (unpaired) electrons. The second-order valence-electron chi connectivity index (χ2n) is 10.1. The highest BCUT2D eigenvalue weighted by atomic mass is 16.4. The van der Waals surface area contributed by atoms with E-state index in [1.165, 1.54) is 0 Å². The van der Waals surface area contributed by atoms with Crippen LogP contribution in [0.1, 0.15) is 49.7 Å². The fourth-order valence-electron chi connectivity index (χ4n) is 5.83. The molecule has 6 heteroatoms. The third-order valence-corrected chi connectivity index (χ3v) is 7.72. The summed E-state index contributed by atoms with van der Waals surface area (Å²) >= 11 is 0. The van der Waals surface area contributed by atoms with Crippen molar-refractivity contribution in [2.75, 3.05) is 0 Å². The van der Waals surface area contributed by atoms with Gasteiger partial charge in [0.1, 0.15) is 12.1 Å². The van der Waals surface area contributed by atoms with Gasteiger partial charge in [-0.15, -0.1) is 0 Å². The Labute approximate surface area is 211 Å². The second-order valence-corrected chi connectivity index (χ2v) is 10.1. The zero-order valence-electron chi connectivity index (χ0n) is 20.4. The van der Waals surface area contributed by atoms with Gasteiger partial charge in [-0.05, 0) is 34.2 Å². The highest BCUT2D eigenvalue weighted by Crippen LogP contribution is 2.33. The first-order valence-electron chi connectivity index (χ1n) is 12.9. The fourth-order valence-corrected chi connectivity index (χ4v) is 5.83. The summed E-state index contributed by atoms with van der Waals surface area (Å²) in [6.45, 7) is 0.246. The van der Waals surface area contributed by atoms with E-state index in [0.29, 0.717) is 12.8 Å². The van der Waals surface area contributed by atoms with Crippen molar-refractivity contribution in [2.45, 2.75) is 63.6 Å². The maximum absolute atomic E-state index is 13.8. The molecule has 3 aromatic carbocycles. The molecule has 2 aliphatic rings. The molecule has 1 aliphatic heterocycles. The molecule has 1 N–H and O–H groups in total. The molecule has 0 spiro atoms. The Balaban J connectivity index is 1.48. The van der Waals surface area contributed by atoms with E-state index in [1.807, 2.05) is 72.8 Å². The lowest BCUT2D eigenvalue weighted by atomic mass is 9.84. The molecule has 1 aliphatic carbocycles. The van der Waals surface area contributed by atoms with Gasteiger partial charge in [-0.3, -0.25) is 4.79 Å². The number of imide groups is 1. The minimum Gasteiger partial charge on any atom is -0.480 e. The van der Waals surface area contributed by atoms with Crippen LogP contribution in [-0.4, -0.2) is 44.9 Å². The van der Waals surface area contributed by atoms with Gasteiger partial charge in [0.05, 0.1) is 0 Å². The zero-order chi connectivity index (χ0) is 25.1. The lowest BCUT2D eigenvalue weighted by Gasteiger charge is -2.28. The number of aliphatic carboxylic acids is 1. The summed E-state index contributed by atoms with van der Waals surface area (Å²) in [5, 5.41) is 12.2. The van der Waals surface area contributed by atoms with Crippen LogP contribution in [0.15, 0.2) is 72.8 Å². The van der Waals surface area contributed by atoms with Crippen molar-refractivity contribution in [3.05, 3.63) is 83.9 Å². The highest BCUT2D eigenvalue weighted by molar-refractivity contribution is 6.07. The van der Waals surface area contributed by atoms with Crippen molar-refractivity contribution in [1.82, 2.24) is 9.80 Å². The van der Waals surface area contributed by atoms with E-state index in [-0.39, 0.29) is 12.5 Å². The SMILES string of the molecule is O=C(O)C(CC1CCCCC1)N1C(=O)C(Cc2ccccc2)N(Cc2cccc3ccccc23)C1=O. The lowest BCUT2D eigenvalue weighted by Crippen LogP contribution is -2.47. The standard InChI is InChI=1S/C30H32N2O4/c33-28-26(18-21-10-3-1-4-11-21)31(20-24-16-9-15-23-14-7-8-17-25(23)24)30(36)32(28)27(29(34)35)19-22-12-5-2-6-13-22/h1,3-4,7-11,14-17,22,26-27H,2,5-6,12-13,18-20H2,(H,34,35). The largest absolute Gasteiger partial charge is 0.480 e. The first-order chi connectivity index (χ1) is 17.5. The number of benzene rings is 3. The summed E-state index contributed by atoms with van der Waals surface area (Å²) in [7, 11) is 0. The van der Waals surface area contributed by atoms with Crippen LogP contribution in [0.2, 0.25) is 0 Å². The molecule has 2 unspecified atom stereocenters. The van der Waals surface area contributed by atoms with E-state index < -0.39 is 30.0 Å². The Bertz CT molecular complexity index is 1250. The monoisotopic (exact) mass is 484 g/mol. The molecule has 1 heterocycles. The van der Waals surface area contributed by atoms with E-state index >= 15 is 0 Å². The zero-order valence-corrected chi connectivity index (χ0v) is 20.4. The van der Waals surface area contributed by atoms with Crippen LogP contribution >= 0.6 is 0 Å². The van der Waals surface area contributed by atoms with Gasteiger partial charge in [-0.25, -0.2) is 14.5 Å². The van der Waals surface area contributed by atoms with Crippen LogP contribution < -0.4 is 0 Å². The molecule has 0 aromatic heterocycles. The Morgan fingerprint density at radius 1 is 0.889 bits per heavy atom. The quantitative estimate of drug-likeness (QED) is 0.420. The van der Waals surface area contributed by atoms with Crippen molar-refractivity contribution < 1.29 is 19.5 Å². The molecule has 36 heavy (non-hydrogen) atoms. The summed E-state index contributed by atoms with van der Waals surface area (Å²) < 4.78 is 0. The number of carbonyl (C=O) groups is 3. The van der Waals surface area contributed by atoms with Gasteiger partial charge in [0, 0.05) is 13.0 Å². The number of fused-ring (bicyclic) bond motifs is 1. The van der Waals surface area contributed by atoms with E-state index in [4.69, 9.17) is 0 Å². The van der Waals surface area contributed by atoms with E-state index in [1.54, 1.807) is 4.90 Å². The van der Waals surface area contributed by atoms with E-state index in [9.17, 15) is 19.5 Å². The van der Waals surface area contributed by atoms with Crippen molar-refractivity contribution >= 4 is 28.7 Å². The first kappa shape index (κ1) is 24.0. The molecule has 5 rings (SSSR count). The van der Waals surface area contributed by atoms with Crippen LogP contribution in [-0.2, 0) is 22.6 Å². The molecule has 3 amide bonds. The Morgan fingerprint density at radius 3 is 2.33 bits per heavy atom. The van der Waals surface area contributed by atoms with Gasteiger partial charge in [-0.2, -0.15) is 0 Å². The minimum absolute atomic E-state index is 0.222. The molecule has 2 fully saturated rings. The summed E-state index contributed by atoms with van der Waals surface area (Å²) in [5.41, 5.74) is 1.88. The molecule has 186 valence electrons. The third-order valence-electron chi connectivity index (χ3n) is 7.72. The van der Waals surface area contributed by atoms with Crippen molar-refractivity contribution in [1.29, 1.82) is 0 Å². The van der Waals surface area contributed by atoms with Crippen molar-refractivity contribution in [2.24, 2.45) is 5.92 Å². The van der Waals surface area contributed by atoms with Crippen LogP contribution in [0.5, 0.6) is 0 Å². The Morgan fingerprint density at radius 2 is 1.58 bits per heavy atom. The molecule has 1 saturated heterocycles. The van der Waals surface area contributed by atoms with Gasteiger partial charge in [0.15, 0.2) is 0 Å². The molecule has 0 bridgehead atoms. The summed E-state index contributed by atoms with van der Waals surface area (Å²) in [6.07, 6.45) is 5.88. The minimum atomic E-state index is -1.14. The molecule has 2 atom stereocenters. The predicted octanol–water partition coefficient (Wildman–Crippen LogP) is 5.64. The normalized spacial score (nSPS) is 19.7. The molecule has 6 nitrogen and oxygen atoms in total. The van der Waals surface area contributed by atoms with Gasteiger partial charge < -0.3 is 10.0 Å². The number of carboxylic acids is 1. The number of amides is 3. The van der Waals surface area contributed by atoms with Gasteiger partial charge in [-0.1, -0.05) is 105 Å². The summed E-state index contributed by atoms with van der Waals surface area (Å²) in [4.78, 5) is 42.6. The van der Waals surface area contributed by atoms with Gasteiger partial charge in [0.2, 0.25) is 0 Å². The van der Waals surface area contributed by atoms with E-state index in [0.717, 1.165) is 58.9 Å². The third kappa shape index (κ3) is 4.85. The van der Waals surface area contributed by atoms with Crippen molar-refractivity contribution in [3.63, 3.8) is 0 Å². The second kappa shape index (κ2) is 10.5. The topological polar surface area (TPSA) is 77.9 Å². The predicted molar refractivity (Wildman–Crippen MR) is 138 cm³/mol. The number of carboxylic acid groups (broad SMARTS) is 1. The average molecular weight is 485 g/mol. The lowest BCUT2D eigenvalue weighted by molar-refractivity contribution is -0.147. The average Bonchev–Trinajstić information content (AvgIpc) is 3.12. The number of hydrogen-bond acceptors (Lipinski definition) is 3. The van der Waals surface area contributed by atoms with Crippen LogP contribution in [0.25, 0.3) is 10.8 Å². The first-order valence-corrected chi connectivity index (χ1v) is 12.9. The Hall–Kier alpha value is -3.67. The number of urea groups is 1. The smallest absolute Gasteiger partial charge is 0.328 e. The summed E-state index contributed by atoms with van der Waals surface area (Å²) in [6, 6.07) is 21.1. The number of carbonyl (C=O) groups excluding carboxylic acids is 2. The number of nitrogens with zero attached hydrogens (tertiary/aromatic N) is 2. The highest BCUT2D eigenvalue weighted by Gasteiger charge is 2.50. The van der Waals surface area contributed by atoms with Crippen LogP contribution in [0, 0.1) is 5.92 Å². The van der Waals surface area contributed by atoms with E-state index in [2.05, 4.69) is 0 Å². The number of rotatable bonds is 8. The molecule has 3 aromatic rings. The summed E-state index contributed by atoms with van der Waals surface area (Å²) in [5.74, 6) is -1.29. The van der Waals surface area contributed by atoms with Crippen molar-refractivity contribution in [3.8, 4) is 0 Å². The molecule has 1 saturated carbocycles. The maximum Gasteiger partial charge on any atom is 0.328 e. The maximum atomic E-state index is 13.8. The fraction of sp³-hybridized carbons (Fsp3) is 0.367. The Kier molecular flexibility index (Phi) is 7.03. The van der Waals surface area contributed by atoms with Gasteiger partial charge >= 0.3 is 12.0 Å². The molecular formula is C30H32N2O4. The van der Waals surface area contributed by atoms with Crippen LogP contribution in [0.4, 0.5) is 4.79 Å². The van der Waals surface area contributed by atoms with Crippen LogP contribution in [0.3, 0.4) is 0 Å². The molecular weight excluding hydrogens is 452 g/mol. The van der Waals surface area contributed by atoms with Gasteiger partial charge in [0.25, 0.3) is 5.91 Å².